The van der Waals surface area contributed by atoms with Gasteiger partial charge in [-0.2, -0.15) is 0 Å². The minimum absolute atomic E-state index is 0.167. The molecule has 0 aliphatic rings. The highest BCUT2D eigenvalue weighted by molar-refractivity contribution is 4.87. The Hall–Kier alpha value is -0.160. The van der Waals surface area contributed by atoms with Gasteiger partial charge in [0.1, 0.15) is 0 Å². The second-order valence-electron chi connectivity index (χ2n) is 5.58. The summed E-state index contributed by atoms with van der Waals surface area (Å²) in [5, 5.41) is 3.58. The van der Waals surface area contributed by atoms with Gasteiger partial charge in [-0.05, 0) is 40.8 Å². The van der Waals surface area contributed by atoms with Gasteiger partial charge in [-0.3, -0.25) is 0 Å². The molecular formula is C14H32N2O2. The maximum Gasteiger partial charge on any atom is 0.0787 e. The number of rotatable bonds is 10. The minimum Gasteiger partial charge on any atom is -0.380 e. The first-order chi connectivity index (χ1) is 8.37. The monoisotopic (exact) mass is 260 g/mol. The highest BCUT2D eigenvalue weighted by Gasteiger charge is 2.29. The van der Waals surface area contributed by atoms with Crippen LogP contribution in [0.25, 0.3) is 0 Å². The lowest BCUT2D eigenvalue weighted by Crippen LogP contribution is -2.54. The smallest absolute Gasteiger partial charge is 0.0787 e. The summed E-state index contributed by atoms with van der Waals surface area (Å²) in [5.74, 6) is 0. The van der Waals surface area contributed by atoms with Gasteiger partial charge in [0.05, 0.1) is 11.7 Å². The first-order valence-electron chi connectivity index (χ1n) is 6.87. The molecule has 0 saturated heterocycles. The predicted octanol–water partition coefficient (Wildman–Crippen LogP) is 1.75. The van der Waals surface area contributed by atoms with Crippen LogP contribution in [0.15, 0.2) is 0 Å². The fraction of sp³-hybridized carbons (Fsp3) is 1.00. The van der Waals surface area contributed by atoms with Crippen molar-refractivity contribution in [2.75, 3.05) is 40.9 Å². The number of hydrogen-bond donors (Lipinski definition) is 1. The van der Waals surface area contributed by atoms with Crippen molar-refractivity contribution in [3.8, 4) is 0 Å². The zero-order chi connectivity index (χ0) is 14.2. The van der Waals surface area contributed by atoms with Crippen molar-refractivity contribution < 1.29 is 9.47 Å². The molecule has 4 nitrogen and oxygen atoms in total. The van der Waals surface area contributed by atoms with Crippen LogP contribution >= 0.6 is 0 Å². The van der Waals surface area contributed by atoms with Crippen molar-refractivity contribution in [2.45, 2.75) is 51.9 Å². The molecule has 0 bridgehead atoms. The predicted molar refractivity (Wildman–Crippen MR) is 77.1 cm³/mol. The molecule has 0 aliphatic carbocycles. The highest BCUT2D eigenvalue weighted by Crippen LogP contribution is 2.15. The lowest BCUT2D eigenvalue weighted by atomic mass is 9.97. The molecule has 0 radical (unpaired) electrons. The van der Waals surface area contributed by atoms with E-state index in [0.717, 1.165) is 26.1 Å². The normalized spacial score (nSPS) is 16.0. The Bertz CT molecular complexity index is 210. The van der Waals surface area contributed by atoms with Gasteiger partial charge in [-0.25, -0.2) is 0 Å². The van der Waals surface area contributed by atoms with Crippen molar-refractivity contribution in [1.29, 1.82) is 0 Å². The van der Waals surface area contributed by atoms with Crippen LogP contribution in [-0.2, 0) is 9.47 Å². The van der Waals surface area contributed by atoms with Crippen LogP contribution in [0, 0.1) is 0 Å². The summed E-state index contributed by atoms with van der Waals surface area (Å²) >= 11 is 0. The van der Waals surface area contributed by atoms with Gasteiger partial charge in [0.2, 0.25) is 0 Å². The molecule has 0 aromatic rings. The van der Waals surface area contributed by atoms with Crippen LogP contribution in [0.3, 0.4) is 0 Å². The van der Waals surface area contributed by atoms with Gasteiger partial charge in [-0.15, -0.1) is 0 Å². The second-order valence-corrected chi connectivity index (χ2v) is 5.58. The number of hydrogen-bond acceptors (Lipinski definition) is 4. The van der Waals surface area contributed by atoms with Crippen LogP contribution in [0.4, 0.5) is 0 Å². The zero-order valence-corrected chi connectivity index (χ0v) is 13.2. The van der Waals surface area contributed by atoms with E-state index >= 15 is 0 Å². The van der Waals surface area contributed by atoms with E-state index in [0.29, 0.717) is 6.04 Å². The van der Waals surface area contributed by atoms with Crippen molar-refractivity contribution in [2.24, 2.45) is 0 Å². The minimum atomic E-state index is -0.167. The average Bonchev–Trinajstić information content (AvgIpc) is 2.33. The molecule has 4 heteroatoms. The van der Waals surface area contributed by atoms with Gasteiger partial charge >= 0.3 is 0 Å². The fourth-order valence-corrected chi connectivity index (χ4v) is 1.89. The molecule has 0 heterocycles. The Labute approximate surface area is 113 Å². The highest BCUT2D eigenvalue weighted by atomic mass is 16.5. The summed E-state index contributed by atoms with van der Waals surface area (Å²) in [6.45, 7) is 11.4. The van der Waals surface area contributed by atoms with Crippen LogP contribution in [0.5, 0.6) is 0 Å². The van der Waals surface area contributed by atoms with E-state index < -0.39 is 0 Å². The number of nitrogens with one attached hydrogen (secondary N) is 1. The van der Waals surface area contributed by atoms with Crippen LogP contribution in [0.1, 0.15) is 34.1 Å². The molecule has 0 spiro atoms. The summed E-state index contributed by atoms with van der Waals surface area (Å²) < 4.78 is 10.9. The molecule has 1 N–H and O–H groups in total. The largest absolute Gasteiger partial charge is 0.380 e. The summed E-state index contributed by atoms with van der Waals surface area (Å²) in [4.78, 5) is 2.29. The lowest BCUT2D eigenvalue weighted by molar-refractivity contribution is -0.0215. The average molecular weight is 260 g/mol. The molecule has 0 aliphatic heterocycles. The van der Waals surface area contributed by atoms with Crippen LogP contribution < -0.4 is 5.32 Å². The van der Waals surface area contributed by atoms with E-state index in [-0.39, 0.29) is 11.7 Å². The fourth-order valence-electron chi connectivity index (χ4n) is 1.89. The van der Waals surface area contributed by atoms with Gasteiger partial charge in [-0.1, -0.05) is 6.92 Å². The third kappa shape index (κ3) is 6.69. The molecule has 0 amide bonds. The zero-order valence-electron chi connectivity index (χ0n) is 13.2. The topological polar surface area (TPSA) is 33.7 Å². The molecule has 0 aromatic carbocycles. The first kappa shape index (κ1) is 17.8. The van der Waals surface area contributed by atoms with E-state index in [9.17, 15) is 0 Å². The maximum atomic E-state index is 5.61. The van der Waals surface area contributed by atoms with E-state index in [1.54, 1.807) is 14.2 Å². The summed E-state index contributed by atoms with van der Waals surface area (Å²) in [5.41, 5.74) is -0.167. The summed E-state index contributed by atoms with van der Waals surface area (Å²) in [6.07, 6.45) is 1.39. The quantitative estimate of drug-likeness (QED) is 0.649. The Kier molecular flexibility index (Phi) is 8.78. The van der Waals surface area contributed by atoms with E-state index in [4.69, 9.17) is 9.47 Å². The SMILES string of the molecule is CCCNC(CN(C)CC(C)OC)C(C)(C)OC. The standard InChI is InChI=1S/C14H32N2O2/c1-8-9-15-13(14(3,4)18-7)11-16(5)10-12(2)17-6/h12-13,15H,8-11H2,1-7H3. The van der Waals surface area contributed by atoms with Crippen molar-refractivity contribution in [3.63, 3.8) is 0 Å². The number of methoxy groups -OCH3 is 2. The molecule has 18 heavy (non-hydrogen) atoms. The molecule has 110 valence electrons. The molecule has 0 fully saturated rings. The van der Waals surface area contributed by atoms with Crippen molar-refractivity contribution in [1.82, 2.24) is 10.2 Å². The Morgan fingerprint density at radius 1 is 1.22 bits per heavy atom. The van der Waals surface area contributed by atoms with E-state index in [1.807, 2.05) is 0 Å². The molecule has 0 rings (SSSR count). The number of nitrogens with zero attached hydrogens (tertiary/aromatic N) is 1. The molecule has 2 unspecified atom stereocenters. The number of likely N-dealkylation sites (N-methyl/N-ethyl adjacent to an activating group) is 1. The summed E-state index contributed by atoms with van der Waals surface area (Å²) in [7, 11) is 5.66. The third-order valence-electron chi connectivity index (χ3n) is 3.47. The van der Waals surface area contributed by atoms with Gasteiger partial charge in [0.25, 0.3) is 0 Å². The lowest BCUT2D eigenvalue weighted by Gasteiger charge is -2.37. The Balaban J connectivity index is 4.39. The molecule has 0 saturated carbocycles. The third-order valence-corrected chi connectivity index (χ3v) is 3.47. The van der Waals surface area contributed by atoms with Crippen molar-refractivity contribution in [3.05, 3.63) is 0 Å². The number of ether oxygens (including phenoxy) is 2. The summed E-state index contributed by atoms with van der Waals surface area (Å²) in [6, 6.07) is 0.316. The Morgan fingerprint density at radius 3 is 2.28 bits per heavy atom. The first-order valence-corrected chi connectivity index (χ1v) is 6.87. The molecule has 2 atom stereocenters. The second kappa shape index (κ2) is 8.86. The van der Waals surface area contributed by atoms with Crippen molar-refractivity contribution >= 4 is 0 Å². The maximum absolute atomic E-state index is 5.61. The van der Waals surface area contributed by atoms with Crippen LogP contribution in [0.2, 0.25) is 0 Å². The van der Waals surface area contributed by atoms with Gasteiger partial charge in [0.15, 0.2) is 0 Å². The van der Waals surface area contributed by atoms with E-state index in [2.05, 4.69) is 45.0 Å². The van der Waals surface area contributed by atoms with Crippen LogP contribution in [-0.4, -0.2) is 63.5 Å². The van der Waals surface area contributed by atoms with Gasteiger partial charge in [0, 0.05) is 33.4 Å². The molecular weight excluding hydrogens is 228 g/mol. The van der Waals surface area contributed by atoms with E-state index in [1.165, 1.54) is 0 Å². The van der Waals surface area contributed by atoms with Gasteiger partial charge < -0.3 is 19.7 Å². The molecule has 0 aromatic heterocycles. The Morgan fingerprint density at radius 2 is 1.83 bits per heavy atom.